The predicted octanol–water partition coefficient (Wildman–Crippen LogP) is 4.75. The van der Waals surface area contributed by atoms with Crippen molar-refractivity contribution in [1.29, 1.82) is 0 Å². The van der Waals surface area contributed by atoms with Gasteiger partial charge in [-0.25, -0.2) is 0 Å². The first-order chi connectivity index (χ1) is 18.3. The number of aryl methyl sites for hydroxylation is 2. The second kappa shape index (κ2) is 11.9. The van der Waals surface area contributed by atoms with Crippen LogP contribution in [0.3, 0.4) is 0 Å². The van der Waals surface area contributed by atoms with Crippen LogP contribution in [0.2, 0.25) is 0 Å². The number of benzene rings is 3. The number of amides is 2. The molecular weight excluding hydrogens is 480 g/mol. The van der Waals surface area contributed by atoms with E-state index >= 15 is 0 Å². The Hall–Kier alpha value is -4.26. The topological polar surface area (TPSA) is 68.3 Å². The Morgan fingerprint density at radius 1 is 0.684 bits per heavy atom. The van der Waals surface area contributed by atoms with E-state index in [2.05, 4.69) is 12.1 Å². The highest BCUT2D eigenvalue weighted by atomic mass is 16.5. The van der Waals surface area contributed by atoms with Gasteiger partial charge in [0.25, 0.3) is 5.91 Å². The third-order valence-electron chi connectivity index (χ3n) is 6.72. The maximum Gasteiger partial charge on any atom is 0.254 e. The summed E-state index contributed by atoms with van der Waals surface area (Å²) in [5.41, 5.74) is 5.60. The largest absolute Gasteiger partial charge is 0.493 e. The second-order valence-electron chi connectivity index (χ2n) is 9.33. The van der Waals surface area contributed by atoms with Crippen LogP contribution in [0.4, 0.5) is 0 Å². The molecule has 1 fully saturated rings. The van der Waals surface area contributed by atoms with Gasteiger partial charge in [-0.1, -0.05) is 59.7 Å². The first kappa shape index (κ1) is 26.8. The lowest BCUT2D eigenvalue weighted by molar-refractivity contribution is -0.127. The Balaban J connectivity index is 1.52. The van der Waals surface area contributed by atoms with Crippen molar-refractivity contribution in [2.45, 2.75) is 13.8 Å². The fourth-order valence-electron chi connectivity index (χ4n) is 4.69. The molecule has 1 heterocycles. The van der Waals surface area contributed by atoms with E-state index in [0.29, 0.717) is 49.0 Å². The van der Waals surface area contributed by atoms with Gasteiger partial charge in [0.05, 0.1) is 21.3 Å². The molecule has 2 amide bonds. The standard InChI is InChI=1S/C31H34N2O5/c1-21-8-6-10-23(16-21)26(24-11-7-9-22(2)17-24)20-29(34)32-12-14-33(15-13-32)31(35)25-18-27(36-3)30(38-5)28(19-25)37-4/h6-11,16-20H,12-15H2,1-5H3. The lowest BCUT2D eigenvalue weighted by atomic mass is 9.95. The molecular formula is C31H34N2O5. The van der Waals surface area contributed by atoms with Crippen molar-refractivity contribution in [1.82, 2.24) is 9.80 Å². The van der Waals surface area contributed by atoms with Crippen LogP contribution in [-0.2, 0) is 4.79 Å². The second-order valence-corrected chi connectivity index (χ2v) is 9.33. The molecule has 0 radical (unpaired) electrons. The number of hydrogen-bond acceptors (Lipinski definition) is 5. The van der Waals surface area contributed by atoms with E-state index < -0.39 is 0 Å². The lowest BCUT2D eigenvalue weighted by Crippen LogP contribution is -2.50. The molecule has 1 aliphatic rings. The minimum atomic E-state index is -0.146. The number of rotatable bonds is 7. The zero-order chi connectivity index (χ0) is 27.2. The predicted molar refractivity (Wildman–Crippen MR) is 148 cm³/mol. The number of nitrogens with zero attached hydrogens (tertiary/aromatic N) is 2. The minimum absolute atomic E-state index is 0.0668. The first-order valence-electron chi connectivity index (χ1n) is 12.6. The number of piperazine rings is 1. The molecule has 0 atom stereocenters. The molecule has 3 aromatic carbocycles. The number of ether oxygens (including phenoxy) is 3. The van der Waals surface area contributed by atoms with Gasteiger partial charge in [0.15, 0.2) is 11.5 Å². The average Bonchev–Trinajstić information content (AvgIpc) is 2.94. The zero-order valence-electron chi connectivity index (χ0n) is 22.6. The molecule has 0 spiro atoms. The van der Waals surface area contributed by atoms with Crippen molar-refractivity contribution in [2.24, 2.45) is 0 Å². The van der Waals surface area contributed by atoms with Crippen molar-refractivity contribution in [3.05, 3.63) is 94.6 Å². The smallest absolute Gasteiger partial charge is 0.254 e. The highest BCUT2D eigenvalue weighted by Gasteiger charge is 2.26. The van der Waals surface area contributed by atoms with Gasteiger partial charge >= 0.3 is 0 Å². The van der Waals surface area contributed by atoms with Gasteiger partial charge in [0.2, 0.25) is 11.7 Å². The number of carbonyl (C=O) groups excluding carboxylic acids is 2. The molecule has 0 saturated carbocycles. The summed E-state index contributed by atoms with van der Waals surface area (Å²) in [5.74, 6) is 1.07. The summed E-state index contributed by atoms with van der Waals surface area (Å²) < 4.78 is 16.2. The van der Waals surface area contributed by atoms with Gasteiger partial charge in [-0.05, 0) is 42.7 Å². The van der Waals surface area contributed by atoms with Gasteiger partial charge in [-0.15, -0.1) is 0 Å². The van der Waals surface area contributed by atoms with Crippen molar-refractivity contribution in [2.75, 3.05) is 47.5 Å². The van der Waals surface area contributed by atoms with Gasteiger partial charge < -0.3 is 24.0 Å². The minimum Gasteiger partial charge on any atom is -0.493 e. The van der Waals surface area contributed by atoms with Gasteiger partial charge in [-0.3, -0.25) is 9.59 Å². The van der Waals surface area contributed by atoms with Crippen LogP contribution in [0, 0.1) is 13.8 Å². The maximum atomic E-state index is 13.4. The van der Waals surface area contributed by atoms with Crippen LogP contribution in [-0.4, -0.2) is 69.1 Å². The number of methoxy groups -OCH3 is 3. The first-order valence-corrected chi connectivity index (χ1v) is 12.6. The molecule has 7 nitrogen and oxygen atoms in total. The van der Waals surface area contributed by atoms with E-state index in [9.17, 15) is 9.59 Å². The molecule has 0 N–H and O–H groups in total. The van der Waals surface area contributed by atoms with Crippen LogP contribution in [0.1, 0.15) is 32.6 Å². The molecule has 0 aliphatic carbocycles. The van der Waals surface area contributed by atoms with Crippen LogP contribution in [0.25, 0.3) is 5.57 Å². The SMILES string of the molecule is COc1cc(C(=O)N2CCN(C(=O)C=C(c3cccc(C)c3)c3cccc(C)c3)CC2)cc(OC)c1OC. The zero-order valence-corrected chi connectivity index (χ0v) is 22.6. The number of carbonyl (C=O) groups is 2. The molecule has 198 valence electrons. The summed E-state index contributed by atoms with van der Waals surface area (Å²) in [6, 6.07) is 19.7. The fraction of sp³-hybridized carbons (Fsp3) is 0.290. The van der Waals surface area contributed by atoms with E-state index in [-0.39, 0.29) is 11.8 Å². The Morgan fingerprint density at radius 3 is 1.63 bits per heavy atom. The monoisotopic (exact) mass is 514 g/mol. The lowest BCUT2D eigenvalue weighted by Gasteiger charge is -2.34. The highest BCUT2D eigenvalue weighted by Crippen LogP contribution is 2.38. The van der Waals surface area contributed by atoms with Crippen molar-refractivity contribution in [3.8, 4) is 17.2 Å². The van der Waals surface area contributed by atoms with Crippen molar-refractivity contribution < 1.29 is 23.8 Å². The average molecular weight is 515 g/mol. The summed E-state index contributed by atoms with van der Waals surface area (Å²) >= 11 is 0. The molecule has 4 rings (SSSR count). The van der Waals surface area contributed by atoms with E-state index in [4.69, 9.17) is 14.2 Å². The van der Waals surface area contributed by atoms with Crippen LogP contribution in [0.5, 0.6) is 17.2 Å². The highest BCUT2D eigenvalue weighted by molar-refractivity contribution is 6.00. The van der Waals surface area contributed by atoms with Gasteiger partial charge in [0.1, 0.15) is 0 Å². The Kier molecular flexibility index (Phi) is 8.36. The van der Waals surface area contributed by atoms with Crippen LogP contribution in [0.15, 0.2) is 66.7 Å². The molecule has 1 aliphatic heterocycles. The molecule has 1 saturated heterocycles. The molecule has 7 heteroatoms. The summed E-state index contributed by atoms with van der Waals surface area (Å²) in [6.45, 7) is 5.84. The van der Waals surface area contributed by atoms with Gasteiger partial charge in [0, 0.05) is 37.8 Å². The molecule has 0 bridgehead atoms. The van der Waals surface area contributed by atoms with Crippen LogP contribution < -0.4 is 14.2 Å². The van der Waals surface area contributed by atoms with Crippen molar-refractivity contribution in [3.63, 3.8) is 0 Å². The van der Waals surface area contributed by atoms with E-state index in [1.807, 2.05) is 50.2 Å². The van der Waals surface area contributed by atoms with E-state index in [0.717, 1.165) is 27.8 Å². The molecule has 3 aromatic rings. The van der Waals surface area contributed by atoms with Crippen LogP contribution >= 0.6 is 0 Å². The third kappa shape index (κ3) is 5.83. The van der Waals surface area contributed by atoms with Crippen molar-refractivity contribution >= 4 is 17.4 Å². The third-order valence-corrected chi connectivity index (χ3v) is 6.72. The van der Waals surface area contributed by atoms with E-state index in [1.165, 1.54) is 21.3 Å². The summed E-state index contributed by atoms with van der Waals surface area (Å²) in [7, 11) is 4.56. The normalized spacial score (nSPS) is 13.1. The molecule has 0 unspecified atom stereocenters. The Morgan fingerprint density at radius 2 is 1.18 bits per heavy atom. The number of hydrogen-bond donors (Lipinski definition) is 0. The summed E-state index contributed by atoms with van der Waals surface area (Å²) in [4.78, 5) is 30.2. The fourth-order valence-corrected chi connectivity index (χ4v) is 4.69. The summed E-state index contributed by atoms with van der Waals surface area (Å²) in [5, 5.41) is 0. The van der Waals surface area contributed by atoms with E-state index in [1.54, 1.807) is 28.0 Å². The maximum absolute atomic E-state index is 13.4. The Bertz CT molecular complexity index is 1280. The van der Waals surface area contributed by atoms with Gasteiger partial charge in [-0.2, -0.15) is 0 Å². The Labute approximate surface area is 224 Å². The molecule has 38 heavy (non-hydrogen) atoms. The quantitative estimate of drug-likeness (QED) is 0.426. The summed E-state index contributed by atoms with van der Waals surface area (Å²) in [6.07, 6.45) is 1.72. The molecule has 0 aromatic heterocycles.